The van der Waals surface area contributed by atoms with Crippen LogP contribution >= 0.6 is 0 Å². The van der Waals surface area contributed by atoms with Crippen molar-refractivity contribution in [3.8, 4) is 0 Å². The molecule has 0 aliphatic heterocycles. The number of nitrogens with zero attached hydrogens (tertiary/aromatic N) is 1. The Balaban J connectivity index is 3.15. The van der Waals surface area contributed by atoms with Gasteiger partial charge < -0.3 is 15.7 Å². The zero-order valence-electron chi connectivity index (χ0n) is 8.37. The normalized spacial score (nSPS) is 12.6. The molecule has 14 heavy (non-hydrogen) atoms. The molecule has 0 spiro atoms. The number of halogens is 1. The summed E-state index contributed by atoms with van der Waals surface area (Å²) in [6, 6.07) is 4.30. The van der Waals surface area contributed by atoms with Crippen LogP contribution in [0.3, 0.4) is 0 Å². The van der Waals surface area contributed by atoms with Gasteiger partial charge in [-0.1, -0.05) is 0 Å². The fourth-order valence-electron chi connectivity index (χ4n) is 1.33. The zero-order valence-corrected chi connectivity index (χ0v) is 8.37. The van der Waals surface area contributed by atoms with E-state index in [1.54, 1.807) is 6.07 Å². The third-order valence-corrected chi connectivity index (χ3v) is 2.05. The van der Waals surface area contributed by atoms with Crippen molar-refractivity contribution in [2.75, 3.05) is 25.5 Å². The van der Waals surface area contributed by atoms with Crippen LogP contribution in [0.15, 0.2) is 18.2 Å². The Kier molecular flexibility index (Phi) is 3.43. The molecule has 0 unspecified atom stereocenters. The highest BCUT2D eigenvalue weighted by Gasteiger charge is 2.12. The van der Waals surface area contributed by atoms with Gasteiger partial charge in [-0.3, -0.25) is 0 Å². The second kappa shape index (κ2) is 4.39. The number of anilines is 1. The third kappa shape index (κ3) is 2.21. The summed E-state index contributed by atoms with van der Waals surface area (Å²) in [4.78, 5) is 1.81. The summed E-state index contributed by atoms with van der Waals surface area (Å²) < 4.78 is 12.9. The van der Waals surface area contributed by atoms with E-state index in [1.807, 2.05) is 19.0 Å². The lowest BCUT2D eigenvalue weighted by atomic mass is 10.1. The van der Waals surface area contributed by atoms with Gasteiger partial charge in [-0.05, 0) is 18.2 Å². The van der Waals surface area contributed by atoms with Gasteiger partial charge in [0.15, 0.2) is 0 Å². The predicted molar refractivity (Wildman–Crippen MR) is 54.7 cm³/mol. The fraction of sp³-hybridized carbons (Fsp3) is 0.400. The van der Waals surface area contributed by atoms with E-state index in [-0.39, 0.29) is 12.4 Å². The Bertz CT molecular complexity index is 315. The lowest BCUT2D eigenvalue weighted by Crippen LogP contribution is -2.17. The van der Waals surface area contributed by atoms with Crippen molar-refractivity contribution in [1.82, 2.24) is 0 Å². The summed E-state index contributed by atoms with van der Waals surface area (Å²) in [5.74, 6) is -0.363. The van der Waals surface area contributed by atoms with Crippen LogP contribution in [0.2, 0.25) is 0 Å². The maximum atomic E-state index is 12.9. The van der Waals surface area contributed by atoms with E-state index in [1.165, 1.54) is 12.1 Å². The third-order valence-electron chi connectivity index (χ3n) is 2.05. The van der Waals surface area contributed by atoms with Crippen LogP contribution in [-0.2, 0) is 0 Å². The Morgan fingerprint density at radius 1 is 1.50 bits per heavy atom. The predicted octanol–water partition coefficient (Wildman–Crippen LogP) is 0.884. The minimum Gasteiger partial charge on any atom is -0.387 e. The van der Waals surface area contributed by atoms with E-state index >= 15 is 0 Å². The molecule has 0 saturated heterocycles. The maximum absolute atomic E-state index is 12.9. The smallest absolute Gasteiger partial charge is 0.123 e. The largest absolute Gasteiger partial charge is 0.387 e. The highest BCUT2D eigenvalue weighted by molar-refractivity contribution is 5.53. The van der Waals surface area contributed by atoms with E-state index in [4.69, 9.17) is 5.73 Å². The van der Waals surface area contributed by atoms with E-state index in [0.717, 1.165) is 5.69 Å². The van der Waals surface area contributed by atoms with E-state index in [9.17, 15) is 9.50 Å². The Morgan fingerprint density at radius 2 is 2.14 bits per heavy atom. The second-order valence-corrected chi connectivity index (χ2v) is 3.35. The minimum absolute atomic E-state index is 0.0876. The molecule has 3 nitrogen and oxygen atoms in total. The highest BCUT2D eigenvalue weighted by atomic mass is 19.1. The first kappa shape index (κ1) is 10.9. The summed E-state index contributed by atoms with van der Waals surface area (Å²) in [5.41, 5.74) is 6.64. The van der Waals surface area contributed by atoms with Crippen molar-refractivity contribution in [1.29, 1.82) is 0 Å². The number of hydrogen-bond donors (Lipinski definition) is 2. The molecule has 0 aliphatic carbocycles. The van der Waals surface area contributed by atoms with Gasteiger partial charge in [0.25, 0.3) is 0 Å². The van der Waals surface area contributed by atoms with Gasteiger partial charge in [0.1, 0.15) is 5.82 Å². The number of aliphatic hydroxyl groups excluding tert-OH is 1. The number of benzene rings is 1. The molecular formula is C10H15FN2O. The van der Waals surface area contributed by atoms with Crippen molar-refractivity contribution in [3.05, 3.63) is 29.6 Å². The molecule has 3 N–H and O–H groups in total. The van der Waals surface area contributed by atoms with Crippen molar-refractivity contribution in [3.63, 3.8) is 0 Å². The minimum atomic E-state index is -0.817. The van der Waals surface area contributed by atoms with E-state index < -0.39 is 6.10 Å². The van der Waals surface area contributed by atoms with Gasteiger partial charge in [-0.2, -0.15) is 0 Å². The van der Waals surface area contributed by atoms with Crippen molar-refractivity contribution in [2.24, 2.45) is 5.73 Å². The SMILES string of the molecule is CN(C)c1ccc(F)cc1[C@H](O)CN. The van der Waals surface area contributed by atoms with Crippen molar-refractivity contribution in [2.45, 2.75) is 6.10 Å². The summed E-state index contributed by atoms with van der Waals surface area (Å²) in [6.45, 7) is 0.0876. The molecule has 1 atom stereocenters. The van der Waals surface area contributed by atoms with Crippen LogP contribution in [0, 0.1) is 5.82 Å². The molecule has 1 rings (SSSR count). The number of aliphatic hydroxyl groups is 1. The Labute approximate surface area is 83.0 Å². The van der Waals surface area contributed by atoms with Gasteiger partial charge >= 0.3 is 0 Å². The van der Waals surface area contributed by atoms with Crippen LogP contribution in [0.25, 0.3) is 0 Å². The Morgan fingerprint density at radius 3 is 2.64 bits per heavy atom. The van der Waals surface area contributed by atoms with Crippen LogP contribution in [0.5, 0.6) is 0 Å². The van der Waals surface area contributed by atoms with Crippen molar-refractivity contribution >= 4 is 5.69 Å². The summed E-state index contributed by atoms with van der Waals surface area (Å²) >= 11 is 0. The first-order valence-electron chi connectivity index (χ1n) is 4.41. The first-order chi connectivity index (χ1) is 6.56. The topological polar surface area (TPSA) is 49.5 Å². The zero-order chi connectivity index (χ0) is 10.7. The lowest BCUT2D eigenvalue weighted by molar-refractivity contribution is 0.186. The number of nitrogens with two attached hydrogens (primary N) is 1. The monoisotopic (exact) mass is 198 g/mol. The molecule has 1 aromatic rings. The lowest BCUT2D eigenvalue weighted by Gasteiger charge is -2.20. The molecule has 0 aromatic heterocycles. The van der Waals surface area contributed by atoms with Gasteiger partial charge in [0.2, 0.25) is 0 Å². The molecule has 4 heteroatoms. The molecule has 0 heterocycles. The average molecular weight is 198 g/mol. The molecule has 0 bridgehead atoms. The first-order valence-corrected chi connectivity index (χ1v) is 4.41. The molecule has 0 amide bonds. The van der Waals surface area contributed by atoms with Crippen LogP contribution in [0.4, 0.5) is 10.1 Å². The molecule has 0 saturated carbocycles. The summed E-state index contributed by atoms with van der Waals surface area (Å²) in [7, 11) is 3.67. The molecule has 0 radical (unpaired) electrons. The van der Waals surface area contributed by atoms with Crippen LogP contribution in [-0.4, -0.2) is 25.7 Å². The highest BCUT2D eigenvalue weighted by Crippen LogP contribution is 2.25. The van der Waals surface area contributed by atoms with Crippen LogP contribution in [0.1, 0.15) is 11.7 Å². The average Bonchev–Trinajstić information content (AvgIpc) is 2.16. The molecule has 78 valence electrons. The van der Waals surface area contributed by atoms with Gasteiger partial charge in [0.05, 0.1) is 6.10 Å². The molecular weight excluding hydrogens is 183 g/mol. The van der Waals surface area contributed by atoms with Gasteiger partial charge in [-0.15, -0.1) is 0 Å². The van der Waals surface area contributed by atoms with Gasteiger partial charge in [0, 0.05) is 31.9 Å². The summed E-state index contributed by atoms with van der Waals surface area (Å²) in [6.07, 6.45) is -0.817. The van der Waals surface area contributed by atoms with Crippen molar-refractivity contribution < 1.29 is 9.50 Å². The molecule has 0 aliphatic rings. The Hall–Kier alpha value is -1.13. The van der Waals surface area contributed by atoms with E-state index in [2.05, 4.69) is 0 Å². The summed E-state index contributed by atoms with van der Waals surface area (Å²) in [5, 5.41) is 9.57. The fourth-order valence-corrected chi connectivity index (χ4v) is 1.33. The maximum Gasteiger partial charge on any atom is 0.123 e. The van der Waals surface area contributed by atoms with Crippen LogP contribution < -0.4 is 10.6 Å². The quantitative estimate of drug-likeness (QED) is 0.758. The standard InChI is InChI=1S/C10H15FN2O/c1-13(2)9-4-3-7(11)5-8(9)10(14)6-12/h3-5,10,14H,6,12H2,1-2H3/t10-/m1/s1. The van der Waals surface area contributed by atoms with E-state index in [0.29, 0.717) is 5.56 Å². The van der Waals surface area contributed by atoms with Gasteiger partial charge in [-0.25, -0.2) is 4.39 Å². The molecule has 1 aromatic carbocycles. The number of rotatable bonds is 3. The number of hydrogen-bond acceptors (Lipinski definition) is 3. The second-order valence-electron chi connectivity index (χ2n) is 3.35. The molecule has 0 fully saturated rings.